The van der Waals surface area contributed by atoms with Crippen molar-refractivity contribution in [3.8, 4) is 5.75 Å². The van der Waals surface area contributed by atoms with Crippen LogP contribution in [0, 0.1) is 5.92 Å². The van der Waals surface area contributed by atoms with E-state index < -0.39 is 0 Å². The quantitative estimate of drug-likeness (QED) is 0.902. The summed E-state index contributed by atoms with van der Waals surface area (Å²) in [4.78, 5) is 0. The zero-order chi connectivity index (χ0) is 12.1. The molecule has 0 atom stereocenters. The fourth-order valence-corrected chi connectivity index (χ4v) is 2.56. The number of benzene rings is 1. The van der Waals surface area contributed by atoms with Crippen LogP contribution in [0.3, 0.4) is 0 Å². The third kappa shape index (κ3) is 4.06. The van der Waals surface area contributed by atoms with Crippen LogP contribution in [-0.4, -0.2) is 19.7 Å². The Morgan fingerprint density at radius 1 is 1.24 bits per heavy atom. The van der Waals surface area contributed by atoms with Crippen LogP contribution in [-0.2, 0) is 0 Å². The first kappa shape index (κ1) is 13.0. The first-order valence-corrected chi connectivity index (χ1v) is 6.80. The number of nitrogens with one attached hydrogen (secondary N) is 1. The molecule has 1 aliphatic heterocycles. The average molecular weight is 274 g/mol. The highest BCUT2D eigenvalue weighted by atomic mass is 35.5. The second-order valence-electron chi connectivity index (χ2n) is 4.41. The average Bonchev–Trinajstić information content (AvgIpc) is 2.33. The van der Waals surface area contributed by atoms with E-state index in [1.807, 2.05) is 6.07 Å². The maximum absolute atomic E-state index is 6.03. The minimum atomic E-state index is 0.586. The molecule has 1 fully saturated rings. The van der Waals surface area contributed by atoms with Gasteiger partial charge in [0.1, 0.15) is 5.75 Å². The summed E-state index contributed by atoms with van der Waals surface area (Å²) >= 11 is 11.9. The van der Waals surface area contributed by atoms with Crippen molar-refractivity contribution < 1.29 is 4.74 Å². The molecule has 0 spiro atoms. The lowest BCUT2D eigenvalue weighted by molar-refractivity contribution is 0.252. The molecule has 4 heteroatoms. The van der Waals surface area contributed by atoms with Gasteiger partial charge in [-0.05, 0) is 56.5 Å². The van der Waals surface area contributed by atoms with Crippen molar-refractivity contribution in [3.63, 3.8) is 0 Å². The minimum absolute atomic E-state index is 0.586. The topological polar surface area (TPSA) is 21.3 Å². The Bertz CT molecular complexity index is 364. The maximum Gasteiger partial charge on any atom is 0.137 e. The fraction of sp³-hybridized carbons (Fsp3) is 0.538. The molecule has 1 heterocycles. The van der Waals surface area contributed by atoms with E-state index in [2.05, 4.69) is 5.32 Å². The summed E-state index contributed by atoms with van der Waals surface area (Å²) in [5.74, 6) is 1.51. The van der Waals surface area contributed by atoms with Crippen molar-refractivity contribution in [2.24, 2.45) is 5.92 Å². The molecule has 1 aromatic rings. The van der Waals surface area contributed by atoms with E-state index >= 15 is 0 Å². The molecule has 1 aliphatic rings. The van der Waals surface area contributed by atoms with E-state index in [4.69, 9.17) is 27.9 Å². The van der Waals surface area contributed by atoms with Gasteiger partial charge in [0.05, 0.1) is 11.6 Å². The fourth-order valence-electron chi connectivity index (χ4n) is 2.10. The zero-order valence-electron chi connectivity index (χ0n) is 9.72. The third-order valence-corrected chi connectivity index (χ3v) is 3.67. The molecule has 2 nitrogen and oxygen atoms in total. The first-order chi connectivity index (χ1) is 8.25. The molecule has 0 radical (unpaired) electrons. The Morgan fingerprint density at radius 2 is 2.00 bits per heavy atom. The van der Waals surface area contributed by atoms with Gasteiger partial charge in [-0.25, -0.2) is 0 Å². The van der Waals surface area contributed by atoms with Crippen LogP contribution in [0.2, 0.25) is 10.0 Å². The van der Waals surface area contributed by atoms with Crippen molar-refractivity contribution in [2.45, 2.75) is 19.3 Å². The molecule has 2 rings (SSSR count). The van der Waals surface area contributed by atoms with Crippen LogP contribution in [0.5, 0.6) is 5.75 Å². The van der Waals surface area contributed by atoms with Crippen molar-refractivity contribution in [1.29, 1.82) is 0 Å². The van der Waals surface area contributed by atoms with Gasteiger partial charge < -0.3 is 10.1 Å². The largest absolute Gasteiger partial charge is 0.492 e. The van der Waals surface area contributed by atoms with Gasteiger partial charge in [-0.3, -0.25) is 0 Å². The summed E-state index contributed by atoms with van der Waals surface area (Å²) in [5.41, 5.74) is 0. The molecule has 94 valence electrons. The molecular formula is C13H17Cl2NO. The Labute approximate surface area is 112 Å². The normalized spacial score (nSPS) is 17.1. The summed E-state index contributed by atoms with van der Waals surface area (Å²) in [6.07, 6.45) is 3.59. The smallest absolute Gasteiger partial charge is 0.137 e. The van der Waals surface area contributed by atoms with Crippen LogP contribution in [0.1, 0.15) is 19.3 Å². The van der Waals surface area contributed by atoms with Crippen molar-refractivity contribution in [2.75, 3.05) is 19.7 Å². The minimum Gasteiger partial charge on any atom is -0.492 e. The van der Waals surface area contributed by atoms with Crippen molar-refractivity contribution in [3.05, 3.63) is 28.2 Å². The molecular weight excluding hydrogens is 257 g/mol. The van der Waals surface area contributed by atoms with Crippen LogP contribution >= 0.6 is 23.2 Å². The van der Waals surface area contributed by atoms with E-state index in [-0.39, 0.29) is 0 Å². The molecule has 0 saturated carbocycles. The number of hydrogen-bond donors (Lipinski definition) is 1. The molecule has 1 N–H and O–H groups in total. The maximum atomic E-state index is 6.03. The zero-order valence-corrected chi connectivity index (χ0v) is 11.2. The van der Waals surface area contributed by atoms with Crippen molar-refractivity contribution in [1.82, 2.24) is 5.32 Å². The molecule has 17 heavy (non-hydrogen) atoms. The lowest BCUT2D eigenvalue weighted by Gasteiger charge is -2.22. The van der Waals surface area contributed by atoms with Gasteiger partial charge in [0.15, 0.2) is 0 Å². The number of halogens is 2. The lowest BCUT2D eigenvalue weighted by Crippen LogP contribution is -2.28. The van der Waals surface area contributed by atoms with Gasteiger partial charge in [0, 0.05) is 5.02 Å². The van der Waals surface area contributed by atoms with Gasteiger partial charge in [0.25, 0.3) is 0 Å². The highest BCUT2D eigenvalue weighted by molar-refractivity contribution is 6.35. The van der Waals surface area contributed by atoms with Gasteiger partial charge in [0.2, 0.25) is 0 Å². The molecule has 0 aliphatic carbocycles. The number of piperidine rings is 1. The van der Waals surface area contributed by atoms with Crippen LogP contribution < -0.4 is 10.1 Å². The second-order valence-corrected chi connectivity index (χ2v) is 5.25. The van der Waals surface area contributed by atoms with E-state index in [0.717, 1.165) is 37.8 Å². The van der Waals surface area contributed by atoms with Crippen molar-refractivity contribution >= 4 is 23.2 Å². The Balaban J connectivity index is 1.77. The Hall–Kier alpha value is -0.440. The highest BCUT2D eigenvalue weighted by Crippen LogP contribution is 2.28. The summed E-state index contributed by atoms with van der Waals surface area (Å²) < 4.78 is 5.68. The summed E-state index contributed by atoms with van der Waals surface area (Å²) in [6.45, 7) is 2.99. The molecule has 1 aromatic carbocycles. The summed E-state index contributed by atoms with van der Waals surface area (Å²) in [6, 6.07) is 5.34. The van der Waals surface area contributed by atoms with Gasteiger partial charge >= 0.3 is 0 Å². The predicted molar refractivity (Wildman–Crippen MR) is 72.2 cm³/mol. The molecule has 0 unspecified atom stereocenters. The number of rotatable bonds is 4. The van der Waals surface area contributed by atoms with Crippen LogP contribution in [0.4, 0.5) is 0 Å². The summed E-state index contributed by atoms with van der Waals surface area (Å²) in [7, 11) is 0. The van der Waals surface area contributed by atoms with E-state index in [9.17, 15) is 0 Å². The second kappa shape index (κ2) is 6.48. The highest BCUT2D eigenvalue weighted by Gasteiger charge is 2.13. The van der Waals surface area contributed by atoms with Crippen LogP contribution in [0.15, 0.2) is 18.2 Å². The number of hydrogen-bond acceptors (Lipinski definition) is 2. The van der Waals surface area contributed by atoms with Gasteiger partial charge in [-0.1, -0.05) is 23.2 Å². The van der Waals surface area contributed by atoms with E-state index in [1.54, 1.807) is 12.1 Å². The van der Waals surface area contributed by atoms with Crippen LogP contribution in [0.25, 0.3) is 0 Å². The first-order valence-electron chi connectivity index (χ1n) is 6.04. The molecule has 0 bridgehead atoms. The summed E-state index contributed by atoms with van der Waals surface area (Å²) in [5, 5.41) is 4.59. The molecule has 0 aromatic heterocycles. The number of ether oxygens (including phenoxy) is 1. The Kier molecular flexibility index (Phi) is 4.96. The SMILES string of the molecule is Clc1ccc(OCCC2CCNCC2)c(Cl)c1. The molecule has 0 amide bonds. The predicted octanol–water partition coefficient (Wildman–Crippen LogP) is 3.76. The van der Waals surface area contributed by atoms with Gasteiger partial charge in [-0.15, -0.1) is 0 Å². The van der Waals surface area contributed by atoms with Gasteiger partial charge in [-0.2, -0.15) is 0 Å². The Morgan fingerprint density at radius 3 is 2.71 bits per heavy atom. The standard InChI is InChI=1S/C13H17Cl2NO/c14-11-1-2-13(12(15)9-11)17-8-5-10-3-6-16-7-4-10/h1-2,9-10,16H,3-8H2. The third-order valence-electron chi connectivity index (χ3n) is 3.14. The van der Waals surface area contributed by atoms with E-state index in [0.29, 0.717) is 10.0 Å². The monoisotopic (exact) mass is 273 g/mol. The van der Waals surface area contributed by atoms with E-state index in [1.165, 1.54) is 12.8 Å². The lowest BCUT2D eigenvalue weighted by atomic mass is 9.95. The molecule has 1 saturated heterocycles.